The zero-order valence-corrected chi connectivity index (χ0v) is 12.4. The average Bonchev–Trinajstić information content (AvgIpc) is 2.91. The number of hydrogen-bond acceptors (Lipinski definition) is 2. The molecule has 0 bridgehead atoms. The van der Waals surface area contributed by atoms with Crippen molar-refractivity contribution in [1.82, 2.24) is 4.98 Å². The van der Waals surface area contributed by atoms with Gasteiger partial charge in [0.1, 0.15) is 12.6 Å². The Labute approximate surface area is 133 Å². The zero-order valence-electron chi connectivity index (χ0n) is 15.4. The van der Waals surface area contributed by atoms with Crippen LogP contribution in [-0.4, -0.2) is 4.98 Å². The SMILES string of the molecule is [2H]C([2H])([2H])c1ccc(-c2cc3oc4ncccc4c3cc2C)[n+](C)c1. The van der Waals surface area contributed by atoms with Crippen LogP contribution < -0.4 is 4.57 Å². The molecule has 3 nitrogen and oxygen atoms in total. The number of furan rings is 1. The Kier molecular flexibility index (Phi) is 2.15. The summed E-state index contributed by atoms with van der Waals surface area (Å²) in [4.78, 5) is 4.27. The van der Waals surface area contributed by atoms with E-state index in [0.717, 1.165) is 33.2 Å². The molecule has 0 unspecified atom stereocenters. The van der Waals surface area contributed by atoms with Crippen molar-refractivity contribution in [2.24, 2.45) is 7.05 Å². The minimum atomic E-state index is -2.11. The first-order valence-electron chi connectivity index (χ1n) is 8.63. The fourth-order valence-electron chi connectivity index (χ4n) is 2.93. The number of nitrogens with zero attached hydrogens (tertiary/aromatic N) is 2. The lowest BCUT2D eigenvalue weighted by atomic mass is 10.0. The molecule has 0 amide bonds. The molecule has 0 fully saturated rings. The third-order valence-corrected chi connectivity index (χ3v) is 4.00. The smallest absolute Gasteiger partial charge is 0.227 e. The number of hydrogen-bond donors (Lipinski definition) is 0. The maximum Gasteiger partial charge on any atom is 0.227 e. The van der Waals surface area contributed by atoms with E-state index in [1.165, 1.54) is 0 Å². The quantitative estimate of drug-likeness (QED) is 0.495. The van der Waals surface area contributed by atoms with Crippen molar-refractivity contribution >= 4 is 22.1 Å². The first-order valence-corrected chi connectivity index (χ1v) is 7.13. The molecular formula is C19H17N2O+. The molecule has 0 aliphatic carbocycles. The van der Waals surface area contributed by atoms with Crippen LogP contribution in [0.1, 0.15) is 15.2 Å². The number of fused-ring (bicyclic) bond motifs is 3. The van der Waals surface area contributed by atoms with E-state index in [-0.39, 0.29) is 0 Å². The number of pyridine rings is 2. The highest BCUT2D eigenvalue weighted by atomic mass is 16.3. The van der Waals surface area contributed by atoms with Crippen LogP contribution in [0.15, 0.2) is 53.2 Å². The van der Waals surface area contributed by atoms with E-state index in [1.54, 1.807) is 18.5 Å². The molecule has 0 atom stereocenters. The second kappa shape index (κ2) is 4.67. The monoisotopic (exact) mass is 292 g/mol. The summed E-state index contributed by atoms with van der Waals surface area (Å²) < 4.78 is 30.4. The molecule has 3 aromatic heterocycles. The van der Waals surface area contributed by atoms with Crippen LogP contribution in [0.4, 0.5) is 0 Å². The van der Waals surface area contributed by atoms with Gasteiger partial charge in [0.25, 0.3) is 0 Å². The fourth-order valence-corrected chi connectivity index (χ4v) is 2.93. The molecule has 0 radical (unpaired) electrons. The van der Waals surface area contributed by atoms with Crippen LogP contribution in [0.2, 0.25) is 0 Å². The van der Waals surface area contributed by atoms with Gasteiger partial charge in [-0.25, -0.2) is 9.55 Å². The standard InChI is InChI=1S/C19H17N2O/c1-12-6-7-17(21(3)11-12)15-10-18-16(9-13(15)2)14-5-4-8-20-19(14)22-18/h4-11H,1-3H3/q+1/i1D3. The first kappa shape index (κ1) is 10.1. The summed E-state index contributed by atoms with van der Waals surface area (Å²) in [7, 11) is 1.86. The molecule has 4 aromatic rings. The summed E-state index contributed by atoms with van der Waals surface area (Å²) in [5.74, 6) is 0. The van der Waals surface area contributed by atoms with E-state index in [0.29, 0.717) is 11.3 Å². The van der Waals surface area contributed by atoms with Crippen molar-refractivity contribution in [2.75, 3.05) is 0 Å². The predicted molar refractivity (Wildman–Crippen MR) is 87.6 cm³/mol. The normalized spacial score (nSPS) is 14.0. The van der Waals surface area contributed by atoms with Crippen molar-refractivity contribution in [2.45, 2.75) is 13.8 Å². The second-order valence-electron chi connectivity index (χ2n) is 5.54. The second-order valence-corrected chi connectivity index (χ2v) is 5.54. The number of aromatic nitrogens is 2. The summed E-state index contributed by atoms with van der Waals surface area (Å²) in [6.45, 7) is -0.0681. The van der Waals surface area contributed by atoms with E-state index in [4.69, 9.17) is 8.53 Å². The van der Waals surface area contributed by atoms with E-state index >= 15 is 0 Å². The number of aryl methyl sites for hydroxylation is 3. The molecule has 0 saturated carbocycles. The van der Waals surface area contributed by atoms with Crippen molar-refractivity contribution in [3.05, 3.63) is 59.9 Å². The maximum absolute atomic E-state index is 7.55. The van der Waals surface area contributed by atoms with Crippen LogP contribution in [0.5, 0.6) is 0 Å². The molecule has 3 heteroatoms. The van der Waals surface area contributed by atoms with Crippen molar-refractivity contribution < 1.29 is 13.1 Å². The Bertz CT molecular complexity index is 1110. The third-order valence-electron chi connectivity index (χ3n) is 4.00. The molecule has 108 valence electrons. The minimum Gasteiger partial charge on any atom is -0.438 e. The molecule has 0 saturated heterocycles. The maximum atomic E-state index is 7.55. The number of rotatable bonds is 1. The Balaban J connectivity index is 1.92. The van der Waals surface area contributed by atoms with Crippen molar-refractivity contribution in [3.8, 4) is 11.3 Å². The van der Waals surface area contributed by atoms with Crippen molar-refractivity contribution in [1.29, 1.82) is 0 Å². The van der Waals surface area contributed by atoms with Gasteiger partial charge >= 0.3 is 0 Å². The van der Waals surface area contributed by atoms with E-state index in [1.807, 2.05) is 42.8 Å². The molecule has 0 aliphatic heterocycles. The largest absolute Gasteiger partial charge is 0.438 e. The van der Waals surface area contributed by atoms with Crippen molar-refractivity contribution in [3.63, 3.8) is 0 Å². The third kappa shape index (κ3) is 1.90. The van der Waals surface area contributed by atoms with Crippen LogP contribution in [0.25, 0.3) is 33.3 Å². The summed E-state index contributed by atoms with van der Waals surface area (Å²) in [6.07, 6.45) is 3.37. The summed E-state index contributed by atoms with van der Waals surface area (Å²) in [5, 5.41) is 2.03. The highest BCUT2D eigenvalue weighted by molar-refractivity contribution is 6.05. The summed E-state index contributed by atoms with van der Waals surface area (Å²) in [6, 6.07) is 11.5. The van der Waals surface area contributed by atoms with Crippen LogP contribution in [-0.2, 0) is 7.05 Å². The molecule has 0 aliphatic rings. The van der Waals surface area contributed by atoms with Gasteiger partial charge < -0.3 is 4.42 Å². The van der Waals surface area contributed by atoms with Gasteiger partial charge in [-0.15, -0.1) is 0 Å². The van der Waals surface area contributed by atoms with Gasteiger partial charge in [0.15, 0.2) is 6.20 Å². The lowest BCUT2D eigenvalue weighted by Gasteiger charge is -2.05. The average molecular weight is 292 g/mol. The summed E-state index contributed by atoms with van der Waals surface area (Å²) in [5.41, 5.74) is 4.75. The summed E-state index contributed by atoms with van der Waals surface area (Å²) >= 11 is 0. The predicted octanol–water partition coefficient (Wildman–Crippen LogP) is 4.09. The molecule has 0 spiro atoms. The molecule has 3 heterocycles. The van der Waals surface area contributed by atoms with Crippen LogP contribution in [0.3, 0.4) is 0 Å². The Morgan fingerprint density at radius 1 is 1.18 bits per heavy atom. The van der Waals surface area contributed by atoms with Gasteiger partial charge in [-0.1, -0.05) is 0 Å². The van der Waals surface area contributed by atoms with E-state index < -0.39 is 6.85 Å². The Hall–Kier alpha value is -2.68. The lowest BCUT2D eigenvalue weighted by Crippen LogP contribution is -2.31. The van der Waals surface area contributed by atoms with E-state index in [2.05, 4.69) is 11.1 Å². The fraction of sp³-hybridized carbons (Fsp3) is 0.158. The van der Waals surface area contributed by atoms with Gasteiger partial charge in [0.05, 0.1) is 5.56 Å². The molecule has 22 heavy (non-hydrogen) atoms. The Morgan fingerprint density at radius 2 is 2.09 bits per heavy atom. The highest BCUT2D eigenvalue weighted by Crippen LogP contribution is 2.32. The molecular weight excluding hydrogens is 272 g/mol. The molecule has 1 aromatic carbocycles. The number of benzene rings is 1. The first-order chi connectivity index (χ1) is 11.8. The topological polar surface area (TPSA) is 29.9 Å². The van der Waals surface area contributed by atoms with Gasteiger partial charge in [-0.05, 0) is 49.7 Å². The molecule has 4 rings (SSSR count). The van der Waals surface area contributed by atoms with Crippen LogP contribution >= 0.6 is 0 Å². The van der Waals surface area contributed by atoms with Gasteiger partial charge in [0.2, 0.25) is 11.4 Å². The highest BCUT2D eigenvalue weighted by Gasteiger charge is 2.16. The van der Waals surface area contributed by atoms with Gasteiger partial charge in [-0.2, -0.15) is 0 Å². The Morgan fingerprint density at radius 3 is 2.91 bits per heavy atom. The van der Waals surface area contributed by atoms with Gasteiger partial charge in [-0.3, -0.25) is 0 Å². The lowest BCUT2D eigenvalue weighted by molar-refractivity contribution is -0.660. The molecule has 0 N–H and O–H groups in total. The van der Waals surface area contributed by atoms with Gasteiger partial charge in [0, 0.05) is 32.7 Å². The van der Waals surface area contributed by atoms with Crippen LogP contribution in [0, 0.1) is 13.8 Å². The minimum absolute atomic E-state index is 0.324. The van der Waals surface area contributed by atoms with E-state index in [9.17, 15) is 0 Å². The zero-order chi connectivity index (χ0) is 17.8.